The van der Waals surface area contributed by atoms with Crippen molar-refractivity contribution in [2.24, 2.45) is 5.92 Å². The summed E-state index contributed by atoms with van der Waals surface area (Å²) in [7, 11) is 1.51. The van der Waals surface area contributed by atoms with E-state index in [9.17, 15) is 9.59 Å². The normalized spacial score (nSPS) is 11.7. The summed E-state index contributed by atoms with van der Waals surface area (Å²) >= 11 is 0. The number of esters is 1. The van der Waals surface area contributed by atoms with Gasteiger partial charge >= 0.3 is 5.97 Å². The molecule has 0 aliphatic carbocycles. The molecule has 162 valence electrons. The lowest BCUT2D eigenvalue weighted by Crippen LogP contribution is -2.21. The van der Waals surface area contributed by atoms with Crippen LogP contribution in [0.5, 0.6) is 11.5 Å². The zero-order valence-electron chi connectivity index (χ0n) is 18.4. The monoisotopic (exact) mass is 413 g/mol. The topological polar surface area (TPSA) is 73.9 Å². The van der Waals surface area contributed by atoms with Crippen LogP contribution in [0.25, 0.3) is 0 Å². The molecule has 0 saturated carbocycles. The van der Waals surface area contributed by atoms with Crippen molar-refractivity contribution in [3.05, 3.63) is 53.6 Å². The number of methoxy groups -OCH3 is 1. The number of amides is 1. The number of carbonyl (C=O) groups excluding carboxylic acids is 2. The van der Waals surface area contributed by atoms with Crippen LogP contribution in [0.1, 0.15) is 56.0 Å². The fourth-order valence-electron chi connectivity index (χ4n) is 2.71. The second-order valence-electron chi connectivity index (χ2n) is 7.63. The Hall–Kier alpha value is -3.02. The van der Waals surface area contributed by atoms with E-state index in [0.29, 0.717) is 35.6 Å². The number of nitrogens with one attached hydrogen (secondary N) is 1. The van der Waals surface area contributed by atoms with Gasteiger partial charge in [-0.2, -0.15) is 0 Å². The number of hydrogen-bond donors (Lipinski definition) is 1. The molecule has 2 aromatic carbocycles. The molecule has 30 heavy (non-hydrogen) atoms. The molecule has 1 N–H and O–H groups in total. The first-order valence-corrected chi connectivity index (χ1v) is 10.2. The molecule has 1 amide bonds. The van der Waals surface area contributed by atoms with Gasteiger partial charge in [0.05, 0.1) is 19.3 Å². The summed E-state index contributed by atoms with van der Waals surface area (Å²) in [5.74, 6) is 0.825. The van der Waals surface area contributed by atoms with Crippen molar-refractivity contribution in [1.82, 2.24) is 0 Å². The Balaban J connectivity index is 1.90. The highest BCUT2D eigenvalue weighted by Gasteiger charge is 2.14. The van der Waals surface area contributed by atoms with Crippen molar-refractivity contribution in [1.29, 1.82) is 0 Å². The minimum absolute atomic E-state index is 0.287. The van der Waals surface area contributed by atoms with Gasteiger partial charge in [0.1, 0.15) is 0 Å². The molecule has 6 heteroatoms. The largest absolute Gasteiger partial charge is 0.493 e. The van der Waals surface area contributed by atoms with E-state index in [1.807, 2.05) is 38.1 Å². The van der Waals surface area contributed by atoms with E-state index in [2.05, 4.69) is 19.2 Å². The summed E-state index contributed by atoms with van der Waals surface area (Å²) in [5.41, 5.74) is 2.17. The molecule has 0 bridgehead atoms. The van der Waals surface area contributed by atoms with Crippen molar-refractivity contribution < 1.29 is 23.8 Å². The average Bonchev–Trinajstić information content (AvgIpc) is 2.75. The Kier molecular flexibility index (Phi) is 8.71. The molecule has 1 atom stereocenters. The first kappa shape index (κ1) is 23.3. The minimum Gasteiger partial charge on any atom is -0.493 e. The fourth-order valence-corrected chi connectivity index (χ4v) is 2.71. The van der Waals surface area contributed by atoms with Crippen LogP contribution in [-0.2, 0) is 9.53 Å². The van der Waals surface area contributed by atoms with E-state index in [1.165, 1.54) is 12.7 Å². The number of rotatable bonds is 10. The quantitative estimate of drug-likeness (QED) is 0.553. The van der Waals surface area contributed by atoms with Crippen LogP contribution in [-0.4, -0.2) is 32.2 Å². The maximum Gasteiger partial charge on any atom is 0.338 e. The van der Waals surface area contributed by atoms with Gasteiger partial charge in [0.2, 0.25) is 0 Å². The van der Waals surface area contributed by atoms with Crippen molar-refractivity contribution in [3.8, 4) is 11.5 Å². The van der Waals surface area contributed by atoms with Gasteiger partial charge in [-0.15, -0.1) is 0 Å². The number of carbonyl (C=O) groups is 2. The summed E-state index contributed by atoms with van der Waals surface area (Å²) in [4.78, 5) is 24.4. The van der Waals surface area contributed by atoms with Crippen LogP contribution in [0.15, 0.2) is 42.5 Å². The Morgan fingerprint density at radius 3 is 2.30 bits per heavy atom. The molecule has 0 saturated heterocycles. The number of hydrogen-bond acceptors (Lipinski definition) is 5. The van der Waals surface area contributed by atoms with Crippen molar-refractivity contribution in [2.45, 2.75) is 40.0 Å². The molecule has 0 aliphatic heterocycles. The maximum atomic E-state index is 12.3. The summed E-state index contributed by atoms with van der Waals surface area (Å²) < 4.78 is 16.1. The molecule has 0 spiro atoms. The number of ether oxygens (including phenoxy) is 3. The SMILES string of the molecule is CC[C@@H](C)c1ccc(NC(=O)COC(=O)c2ccc(OCC(C)C)c(OC)c2)cc1. The molecule has 6 nitrogen and oxygen atoms in total. The fraction of sp³-hybridized carbons (Fsp3) is 0.417. The molecule has 2 rings (SSSR count). The van der Waals surface area contributed by atoms with Crippen LogP contribution in [0.3, 0.4) is 0 Å². The third-order valence-corrected chi connectivity index (χ3v) is 4.68. The summed E-state index contributed by atoms with van der Waals surface area (Å²) in [6.07, 6.45) is 1.05. The van der Waals surface area contributed by atoms with Gasteiger partial charge in [-0.3, -0.25) is 4.79 Å². The molecule has 0 aliphatic rings. The van der Waals surface area contributed by atoms with Gasteiger partial charge in [0, 0.05) is 5.69 Å². The van der Waals surface area contributed by atoms with Crippen molar-refractivity contribution in [3.63, 3.8) is 0 Å². The van der Waals surface area contributed by atoms with Gasteiger partial charge in [0.15, 0.2) is 18.1 Å². The molecular weight excluding hydrogens is 382 g/mol. The first-order chi connectivity index (χ1) is 14.3. The zero-order valence-corrected chi connectivity index (χ0v) is 18.4. The Labute approximate surface area is 178 Å². The van der Waals surface area contributed by atoms with Crippen LogP contribution >= 0.6 is 0 Å². The van der Waals surface area contributed by atoms with Gasteiger partial charge in [-0.25, -0.2) is 4.79 Å². The molecule has 0 aromatic heterocycles. The summed E-state index contributed by atoms with van der Waals surface area (Å²) in [6.45, 7) is 8.55. The van der Waals surface area contributed by atoms with Gasteiger partial charge < -0.3 is 19.5 Å². The van der Waals surface area contributed by atoms with E-state index < -0.39 is 11.9 Å². The van der Waals surface area contributed by atoms with Crippen molar-refractivity contribution >= 4 is 17.6 Å². The summed E-state index contributed by atoms with van der Waals surface area (Å²) in [5, 5.41) is 2.73. The van der Waals surface area contributed by atoms with E-state index in [-0.39, 0.29) is 12.2 Å². The lowest BCUT2D eigenvalue weighted by atomic mass is 9.99. The second-order valence-corrected chi connectivity index (χ2v) is 7.63. The number of benzene rings is 2. The molecule has 2 aromatic rings. The van der Waals surface area contributed by atoms with Crippen LogP contribution in [0.4, 0.5) is 5.69 Å². The van der Waals surface area contributed by atoms with E-state index in [1.54, 1.807) is 18.2 Å². The highest BCUT2D eigenvalue weighted by Crippen LogP contribution is 2.28. The van der Waals surface area contributed by atoms with E-state index >= 15 is 0 Å². The Morgan fingerprint density at radius 1 is 1.00 bits per heavy atom. The first-order valence-electron chi connectivity index (χ1n) is 10.2. The van der Waals surface area contributed by atoms with Crippen LogP contribution in [0.2, 0.25) is 0 Å². The molecule has 0 unspecified atom stereocenters. The zero-order chi connectivity index (χ0) is 22.1. The van der Waals surface area contributed by atoms with Crippen LogP contribution in [0, 0.1) is 5.92 Å². The second kappa shape index (κ2) is 11.2. The van der Waals surface area contributed by atoms with Crippen molar-refractivity contribution in [2.75, 3.05) is 25.6 Å². The molecule has 0 heterocycles. The molecular formula is C24H31NO5. The smallest absolute Gasteiger partial charge is 0.338 e. The third-order valence-electron chi connectivity index (χ3n) is 4.68. The lowest BCUT2D eigenvalue weighted by Gasteiger charge is -2.13. The van der Waals surface area contributed by atoms with Gasteiger partial charge in [-0.1, -0.05) is 39.8 Å². The summed E-state index contributed by atoms with van der Waals surface area (Å²) in [6, 6.07) is 12.5. The highest BCUT2D eigenvalue weighted by atomic mass is 16.5. The van der Waals surface area contributed by atoms with E-state index in [0.717, 1.165) is 6.42 Å². The maximum absolute atomic E-state index is 12.3. The van der Waals surface area contributed by atoms with Crippen LogP contribution < -0.4 is 14.8 Å². The van der Waals surface area contributed by atoms with E-state index in [4.69, 9.17) is 14.2 Å². The number of anilines is 1. The minimum atomic E-state index is -0.606. The van der Waals surface area contributed by atoms with Gasteiger partial charge in [-0.05, 0) is 54.2 Å². The van der Waals surface area contributed by atoms with Gasteiger partial charge in [0.25, 0.3) is 5.91 Å². The lowest BCUT2D eigenvalue weighted by molar-refractivity contribution is -0.119. The highest BCUT2D eigenvalue weighted by molar-refractivity contribution is 5.95. The molecule has 0 radical (unpaired) electrons. The standard InChI is InChI=1S/C24H31NO5/c1-6-17(4)18-7-10-20(11-8-18)25-23(26)15-30-24(27)19-9-12-21(22(13-19)28-5)29-14-16(2)3/h7-13,16-17H,6,14-15H2,1-5H3,(H,25,26)/t17-/m1/s1. The Bertz CT molecular complexity index is 845. The predicted octanol–water partition coefficient (Wildman–Crippen LogP) is 5.04. The third kappa shape index (κ3) is 6.79. The predicted molar refractivity (Wildman–Crippen MR) is 117 cm³/mol. The average molecular weight is 414 g/mol. The Morgan fingerprint density at radius 2 is 1.70 bits per heavy atom. The molecule has 0 fully saturated rings.